The van der Waals surface area contributed by atoms with Crippen LogP contribution in [0.15, 0.2) is 66.9 Å². The molecular weight excluding hydrogens is 497 g/mol. The van der Waals surface area contributed by atoms with Crippen LogP contribution in [-0.4, -0.2) is 21.7 Å². The van der Waals surface area contributed by atoms with Gasteiger partial charge in [-0.3, -0.25) is 9.59 Å². The van der Waals surface area contributed by atoms with Crippen molar-refractivity contribution in [3.63, 3.8) is 0 Å². The van der Waals surface area contributed by atoms with Gasteiger partial charge in [0, 0.05) is 35.0 Å². The topological polar surface area (TPSA) is 74.8 Å². The van der Waals surface area contributed by atoms with Crippen LogP contribution >= 0.6 is 11.3 Å². The maximum absolute atomic E-state index is 13.5. The lowest BCUT2D eigenvalue weighted by atomic mass is 9.93. The Hall–Kier alpha value is -3.84. The predicted molar refractivity (Wildman–Crippen MR) is 153 cm³/mol. The van der Waals surface area contributed by atoms with E-state index in [1.54, 1.807) is 18.3 Å². The summed E-state index contributed by atoms with van der Waals surface area (Å²) in [4.78, 5) is 32.9. The normalized spacial score (nSPS) is 12.3. The number of carbonyl (C=O) groups is 2. The third kappa shape index (κ3) is 5.53. The Balaban J connectivity index is 1.31. The van der Waals surface area contributed by atoms with E-state index in [0.29, 0.717) is 17.1 Å². The van der Waals surface area contributed by atoms with Gasteiger partial charge >= 0.3 is 0 Å². The number of hydrogen-bond acceptors (Lipinski definition) is 4. The van der Waals surface area contributed by atoms with Gasteiger partial charge in [-0.05, 0) is 71.8 Å². The van der Waals surface area contributed by atoms with E-state index in [4.69, 9.17) is 0 Å². The molecule has 2 heterocycles. The lowest BCUT2D eigenvalue weighted by Gasteiger charge is -2.11. The van der Waals surface area contributed by atoms with E-state index in [9.17, 15) is 14.0 Å². The molecule has 5 aromatic rings. The van der Waals surface area contributed by atoms with Gasteiger partial charge < -0.3 is 10.3 Å². The zero-order valence-electron chi connectivity index (χ0n) is 21.7. The minimum absolute atomic E-state index is 0.0530. The van der Waals surface area contributed by atoms with E-state index in [2.05, 4.69) is 34.3 Å². The van der Waals surface area contributed by atoms with Crippen LogP contribution in [-0.2, 0) is 4.79 Å². The molecule has 194 valence electrons. The molecule has 0 saturated heterocycles. The summed E-state index contributed by atoms with van der Waals surface area (Å²) < 4.78 is 14.5. The van der Waals surface area contributed by atoms with Crippen LogP contribution in [0.25, 0.3) is 32.2 Å². The molecule has 2 N–H and O–H groups in total. The van der Waals surface area contributed by atoms with E-state index >= 15 is 0 Å². The molecule has 5 nitrogen and oxygen atoms in total. The monoisotopic (exact) mass is 527 g/mol. The second kappa shape index (κ2) is 10.9. The number of amides is 1. The Morgan fingerprint density at radius 3 is 2.61 bits per heavy atom. The SMILES string of the molecule is CC(C)C(=O)Nc1nc2ccc(-c3ccc4[nH]cc(C(=O)CCC[C@@H](C)c5cccc(F)c5)c4c3)cc2s1. The van der Waals surface area contributed by atoms with Gasteiger partial charge in [-0.25, -0.2) is 9.37 Å². The van der Waals surface area contributed by atoms with Gasteiger partial charge in [-0.1, -0.05) is 56.4 Å². The molecule has 0 saturated carbocycles. The highest BCUT2D eigenvalue weighted by atomic mass is 32.1. The average Bonchev–Trinajstić information content (AvgIpc) is 3.51. The highest BCUT2D eigenvalue weighted by Gasteiger charge is 2.15. The molecule has 7 heteroatoms. The number of rotatable bonds is 9. The Bertz CT molecular complexity index is 1640. The number of thiazole rings is 1. The quantitative estimate of drug-likeness (QED) is 0.189. The van der Waals surface area contributed by atoms with Crippen molar-refractivity contribution in [2.24, 2.45) is 5.92 Å². The molecule has 0 aliphatic heterocycles. The van der Waals surface area contributed by atoms with Crippen molar-refractivity contribution in [2.75, 3.05) is 5.32 Å². The zero-order chi connectivity index (χ0) is 26.8. The summed E-state index contributed by atoms with van der Waals surface area (Å²) in [7, 11) is 0. The molecule has 1 amide bonds. The van der Waals surface area contributed by atoms with Crippen LogP contribution in [0.5, 0.6) is 0 Å². The fourth-order valence-electron chi connectivity index (χ4n) is 4.62. The third-order valence-electron chi connectivity index (χ3n) is 6.92. The molecule has 0 bridgehead atoms. The van der Waals surface area contributed by atoms with Crippen LogP contribution in [0.3, 0.4) is 0 Å². The van der Waals surface area contributed by atoms with Gasteiger partial charge in [0.15, 0.2) is 10.9 Å². The number of anilines is 1. The summed E-state index contributed by atoms with van der Waals surface area (Å²) in [6, 6.07) is 18.8. The molecule has 0 fully saturated rings. The Kier molecular flexibility index (Phi) is 7.38. The van der Waals surface area contributed by atoms with Gasteiger partial charge in [-0.2, -0.15) is 0 Å². The van der Waals surface area contributed by atoms with Crippen LogP contribution in [0, 0.1) is 11.7 Å². The smallest absolute Gasteiger partial charge is 0.228 e. The number of nitrogens with one attached hydrogen (secondary N) is 2. The van der Waals surface area contributed by atoms with Crippen LogP contribution < -0.4 is 5.32 Å². The highest BCUT2D eigenvalue weighted by molar-refractivity contribution is 7.22. The van der Waals surface area contributed by atoms with E-state index in [1.807, 2.05) is 44.2 Å². The summed E-state index contributed by atoms with van der Waals surface area (Å²) in [6.45, 7) is 5.77. The predicted octanol–water partition coefficient (Wildman–Crippen LogP) is 8.33. The maximum atomic E-state index is 13.5. The number of nitrogens with zero attached hydrogens (tertiary/aromatic N) is 1. The summed E-state index contributed by atoms with van der Waals surface area (Å²) in [5.74, 6) is -0.104. The molecule has 0 aliphatic carbocycles. The average molecular weight is 528 g/mol. The van der Waals surface area contributed by atoms with E-state index < -0.39 is 0 Å². The standard InChI is InChI=1S/C31H30FN3O2S/c1-18(2)30(37)35-31-34-27-13-11-22(16-29(27)38-31)21-10-12-26-24(15-21)25(17-33-26)28(36)9-4-6-19(3)20-7-5-8-23(32)14-20/h5,7-8,10-19,33H,4,6,9H2,1-3H3,(H,34,35,37)/t19-/m1/s1. The Labute approximate surface area is 225 Å². The lowest BCUT2D eigenvalue weighted by molar-refractivity contribution is -0.118. The summed E-state index contributed by atoms with van der Waals surface area (Å²) in [5, 5.41) is 4.37. The van der Waals surface area contributed by atoms with Crippen molar-refractivity contribution in [2.45, 2.75) is 46.0 Å². The number of carbonyl (C=O) groups excluding carboxylic acids is 2. The lowest BCUT2D eigenvalue weighted by Crippen LogP contribution is -2.17. The summed E-state index contributed by atoms with van der Waals surface area (Å²) in [5.41, 5.74) is 5.44. The third-order valence-corrected chi connectivity index (χ3v) is 7.85. The Morgan fingerprint density at radius 1 is 1.03 bits per heavy atom. The molecule has 0 unspecified atom stereocenters. The van der Waals surface area contributed by atoms with Crippen molar-refractivity contribution < 1.29 is 14.0 Å². The van der Waals surface area contributed by atoms with Crippen molar-refractivity contribution in [3.05, 3.63) is 83.8 Å². The number of benzene rings is 3. The first-order valence-electron chi connectivity index (χ1n) is 12.9. The molecule has 3 aromatic carbocycles. The first-order chi connectivity index (χ1) is 18.3. The first-order valence-corrected chi connectivity index (χ1v) is 13.7. The fourth-order valence-corrected chi connectivity index (χ4v) is 5.53. The molecular formula is C31H30FN3O2S. The molecule has 5 rings (SSSR count). The molecule has 0 radical (unpaired) electrons. The minimum Gasteiger partial charge on any atom is -0.360 e. The second-order valence-corrected chi connectivity index (χ2v) is 11.1. The largest absolute Gasteiger partial charge is 0.360 e. The fraction of sp³-hybridized carbons (Fsp3) is 0.258. The molecule has 1 atom stereocenters. The number of ketones is 1. The first kappa shape index (κ1) is 25.8. The van der Waals surface area contributed by atoms with E-state index in [1.165, 1.54) is 17.4 Å². The Morgan fingerprint density at radius 2 is 1.82 bits per heavy atom. The van der Waals surface area contributed by atoms with Crippen molar-refractivity contribution in [3.8, 4) is 11.1 Å². The molecule has 38 heavy (non-hydrogen) atoms. The van der Waals surface area contributed by atoms with E-state index in [0.717, 1.165) is 50.7 Å². The number of Topliss-reactive ketones (excluding diaryl/α,β-unsaturated/α-hetero) is 1. The summed E-state index contributed by atoms with van der Waals surface area (Å²) >= 11 is 1.45. The number of halogens is 1. The van der Waals surface area contributed by atoms with E-state index in [-0.39, 0.29) is 29.3 Å². The minimum atomic E-state index is -0.229. The number of aromatic amines is 1. The molecule has 2 aromatic heterocycles. The summed E-state index contributed by atoms with van der Waals surface area (Å²) in [6.07, 6.45) is 3.79. The number of aromatic nitrogens is 2. The van der Waals surface area contributed by atoms with Crippen LogP contribution in [0.4, 0.5) is 9.52 Å². The van der Waals surface area contributed by atoms with Gasteiger partial charge in [0.05, 0.1) is 10.2 Å². The highest BCUT2D eigenvalue weighted by Crippen LogP contribution is 2.33. The van der Waals surface area contributed by atoms with Crippen molar-refractivity contribution in [1.82, 2.24) is 9.97 Å². The maximum Gasteiger partial charge on any atom is 0.228 e. The van der Waals surface area contributed by atoms with Crippen LogP contribution in [0.2, 0.25) is 0 Å². The van der Waals surface area contributed by atoms with Gasteiger partial charge in [-0.15, -0.1) is 0 Å². The van der Waals surface area contributed by atoms with Gasteiger partial charge in [0.25, 0.3) is 0 Å². The van der Waals surface area contributed by atoms with Crippen molar-refractivity contribution >= 4 is 49.3 Å². The number of fused-ring (bicyclic) bond motifs is 2. The zero-order valence-corrected chi connectivity index (χ0v) is 22.5. The number of H-pyrrole nitrogens is 1. The molecule has 0 spiro atoms. The second-order valence-electron chi connectivity index (χ2n) is 10.1. The van der Waals surface area contributed by atoms with Crippen LogP contribution in [0.1, 0.15) is 61.9 Å². The number of hydrogen-bond donors (Lipinski definition) is 2. The van der Waals surface area contributed by atoms with Gasteiger partial charge in [0.2, 0.25) is 5.91 Å². The van der Waals surface area contributed by atoms with Gasteiger partial charge in [0.1, 0.15) is 5.82 Å². The molecule has 0 aliphatic rings. The van der Waals surface area contributed by atoms with Crippen molar-refractivity contribution in [1.29, 1.82) is 0 Å².